The van der Waals surface area contributed by atoms with Gasteiger partial charge >= 0.3 is 0 Å². The quantitative estimate of drug-likeness (QED) is 0.898. The fourth-order valence-electron chi connectivity index (χ4n) is 3.25. The van der Waals surface area contributed by atoms with Crippen LogP contribution in [0.3, 0.4) is 0 Å². The Morgan fingerprint density at radius 1 is 1.35 bits per heavy atom. The van der Waals surface area contributed by atoms with Crippen molar-refractivity contribution in [2.24, 2.45) is 0 Å². The zero-order valence-electron chi connectivity index (χ0n) is 13.0. The molecule has 1 saturated heterocycles. The lowest BCUT2D eigenvalue weighted by molar-refractivity contribution is -0.133. The van der Waals surface area contributed by atoms with E-state index in [9.17, 15) is 9.59 Å². The molecular weight excluding hydrogens is 294 g/mol. The van der Waals surface area contributed by atoms with Gasteiger partial charge in [-0.3, -0.25) is 9.59 Å². The van der Waals surface area contributed by atoms with E-state index >= 15 is 0 Å². The van der Waals surface area contributed by atoms with Crippen molar-refractivity contribution in [3.8, 4) is 0 Å². The predicted molar refractivity (Wildman–Crippen MR) is 87.1 cm³/mol. The first-order chi connectivity index (χ1) is 11.2. The summed E-state index contributed by atoms with van der Waals surface area (Å²) in [6.45, 7) is 0.834. The molecule has 0 radical (unpaired) electrons. The second kappa shape index (κ2) is 6.91. The summed E-state index contributed by atoms with van der Waals surface area (Å²) in [6.07, 6.45) is 5.07. The lowest BCUT2D eigenvalue weighted by Gasteiger charge is -2.24. The van der Waals surface area contributed by atoms with Crippen molar-refractivity contribution in [3.63, 3.8) is 0 Å². The van der Waals surface area contributed by atoms with Crippen LogP contribution in [0.5, 0.6) is 0 Å². The van der Waals surface area contributed by atoms with Gasteiger partial charge in [0.1, 0.15) is 6.54 Å². The molecule has 1 aliphatic rings. The fraction of sp³-hybridized carbons (Fsp3) is 0.471. The highest BCUT2D eigenvalue weighted by Gasteiger charge is 2.28. The zero-order chi connectivity index (χ0) is 16.2. The van der Waals surface area contributed by atoms with Crippen LogP contribution in [0.15, 0.2) is 35.3 Å². The molecule has 1 amide bonds. The first-order valence-electron chi connectivity index (χ1n) is 8.06. The van der Waals surface area contributed by atoms with Crippen LogP contribution >= 0.6 is 0 Å². The maximum Gasteiger partial charge on any atom is 0.275 e. The van der Waals surface area contributed by atoms with Crippen molar-refractivity contribution < 1.29 is 9.90 Å². The molecule has 0 spiro atoms. The maximum absolute atomic E-state index is 12.5. The molecule has 6 nitrogen and oxygen atoms in total. The van der Waals surface area contributed by atoms with Gasteiger partial charge in [0, 0.05) is 24.6 Å². The number of aliphatic hydroxyl groups excluding tert-OH is 1. The maximum atomic E-state index is 12.5. The van der Waals surface area contributed by atoms with Crippen LogP contribution in [0.4, 0.5) is 0 Å². The zero-order valence-corrected chi connectivity index (χ0v) is 13.0. The Kier molecular flexibility index (Phi) is 4.71. The minimum absolute atomic E-state index is 0.0285. The summed E-state index contributed by atoms with van der Waals surface area (Å²) < 4.78 is 1.24. The van der Waals surface area contributed by atoms with E-state index in [0.29, 0.717) is 11.8 Å². The average Bonchev–Trinajstić information content (AvgIpc) is 3.04. The monoisotopic (exact) mass is 315 g/mol. The van der Waals surface area contributed by atoms with Gasteiger partial charge in [-0.05, 0) is 31.7 Å². The molecule has 1 unspecified atom stereocenters. The van der Waals surface area contributed by atoms with Crippen molar-refractivity contribution in [1.29, 1.82) is 0 Å². The average molecular weight is 315 g/mol. The number of hydrogen-bond donors (Lipinski definition) is 1. The van der Waals surface area contributed by atoms with Crippen molar-refractivity contribution in [2.45, 2.75) is 38.3 Å². The minimum atomic E-state index is -0.234. The Morgan fingerprint density at radius 2 is 2.17 bits per heavy atom. The van der Waals surface area contributed by atoms with Crippen molar-refractivity contribution in [3.05, 3.63) is 40.8 Å². The molecule has 1 atom stereocenters. The molecule has 3 rings (SSSR count). The highest BCUT2D eigenvalue weighted by molar-refractivity contribution is 5.81. The molecule has 122 valence electrons. The molecule has 0 saturated carbocycles. The summed E-state index contributed by atoms with van der Waals surface area (Å²) in [7, 11) is 0. The smallest absolute Gasteiger partial charge is 0.275 e. The van der Waals surface area contributed by atoms with Gasteiger partial charge in [-0.2, -0.15) is 5.10 Å². The van der Waals surface area contributed by atoms with Gasteiger partial charge in [0.25, 0.3) is 5.56 Å². The Bertz CT molecular complexity index is 756. The summed E-state index contributed by atoms with van der Waals surface area (Å²) >= 11 is 0. The number of carbonyl (C=O) groups excluding carboxylic acids is 1. The van der Waals surface area contributed by atoms with Crippen LogP contribution in [0.1, 0.15) is 25.7 Å². The lowest BCUT2D eigenvalue weighted by atomic mass is 10.1. The first-order valence-corrected chi connectivity index (χ1v) is 8.06. The highest BCUT2D eigenvalue weighted by atomic mass is 16.3. The molecule has 1 fully saturated rings. The number of carbonyl (C=O) groups is 1. The van der Waals surface area contributed by atoms with E-state index in [0.717, 1.165) is 31.2 Å². The standard InChI is InChI=1S/C17H21N3O3/c21-10-4-7-14-6-3-9-19(14)16(22)12-20-17(23)15-8-2-1-5-13(15)11-18-20/h1-2,5,8,11,14,21H,3-4,6-7,9-10,12H2. The summed E-state index contributed by atoms with van der Waals surface area (Å²) in [5.41, 5.74) is -0.234. The molecule has 1 aromatic heterocycles. The van der Waals surface area contributed by atoms with Crippen molar-refractivity contribution >= 4 is 16.7 Å². The Labute approximate surface area is 134 Å². The molecule has 0 bridgehead atoms. The first kappa shape index (κ1) is 15.7. The Balaban J connectivity index is 1.77. The van der Waals surface area contributed by atoms with E-state index in [2.05, 4.69) is 5.10 Å². The topological polar surface area (TPSA) is 75.4 Å². The van der Waals surface area contributed by atoms with E-state index in [1.54, 1.807) is 18.3 Å². The van der Waals surface area contributed by atoms with Crippen LogP contribution in [-0.4, -0.2) is 44.9 Å². The highest BCUT2D eigenvalue weighted by Crippen LogP contribution is 2.21. The fourth-order valence-corrected chi connectivity index (χ4v) is 3.25. The van der Waals surface area contributed by atoms with Crippen LogP contribution in [0.25, 0.3) is 10.8 Å². The summed E-state index contributed by atoms with van der Waals surface area (Å²) in [5.74, 6) is -0.0738. The normalized spacial score (nSPS) is 17.8. The largest absolute Gasteiger partial charge is 0.396 e. The van der Waals surface area contributed by atoms with E-state index in [-0.39, 0.29) is 30.7 Å². The second-order valence-electron chi connectivity index (χ2n) is 5.94. The van der Waals surface area contributed by atoms with Gasteiger partial charge in [-0.15, -0.1) is 0 Å². The third kappa shape index (κ3) is 3.27. The van der Waals surface area contributed by atoms with Crippen LogP contribution in [0, 0.1) is 0 Å². The summed E-state index contributed by atoms with van der Waals surface area (Å²) in [5, 5.41) is 14.4. The van der Waals surface area contributed by atoms with Gasteiger partial charge in [-0.25, -0.2) is 4.68 Å². The van der Waals surface area contributed by atoms with Gasteiger partial charge in [0.15, 0.2) is 0 Å². The number of amides is 1. The van der Waals surface area contributed by atoms with Crippen molar-refractivity contribution in [1.82, 2.24) is 14.7 Å². The predicted octanol–water partition coefficient (Wildman–Crippen LogP) is 1.16. The Hall–Kier alpha value is -2.21. The molecule has 6 heteroatoms. The van der Waals surface area contributed by atoms with E-state index in [1.165, 1.54) is 4.68 Å². The van der Waals surface area contributed by atoms with Crippen LogP contribution < -0.4 is 5.56 Å². The third-order valence-corrected chi connectivity index (χ3v) is 4.44. The number of nitrogens with zero attached hydrogens (tertiary/aromatic N) is 3. The second-order valence-corrected chi connectivity index (χ2v) is 5.94. The van der Waals surface area contributed by atoms with Gasteiger partial charge < -0.3 is 10.0 Å². The summed E-state index contributed by atoms with van der Waals surface area (Å²) in [4.78, 5) is 26.8. The number of likely N-dealkylation sites (tertiary alicyclic amines) is 1. The SMILES string of the molecule is O=C(Cn1ncc2ccccc2c1=O)N1CCCC1CCCO. The number of benzene rings is 1. The lowest BCUT2D eigenvalue weighted by Crippen LogP contribution is -2.40. The molecule has 2 aromatic rings. The number of rotatable bonds is 5. The number of hydrogen-bond acceptors (Lipinski definition) is 4. The molecule has 23 heavy (non-hydrogen) atoms. The number of aromatic nitrogens is 2. The minimum Gasteiger partial charge on any atom is -0.396 e. The van der Waals surface area contributed by atoms with Crippen molar-refractivity contribution in [2.75, 3.05) is 13.2 Å². The van der Waals surface area contributed by atoms with Crippen LogP contribution in [0.2, 0.25) is 0 Å². The Morgan fingerprint density at radius 3 is 3.00 bits per heavy atom. The van der Waals surface area contributed by atoms with Crippen LogP contribution in [-0.2, 0) is 11.3 Å². The van der Waals surface area contributed by atoms with Gasteiger partial charge in [0.05, 0.1) is 11.6 Å². The molecule has 1 N–H and O–H groups in total. The van der Waals surface area contributed by atoms with Gasteiger partial charge in [0.2, 0.25) is 5.91 Å². The van der Waals surface area contributed by atoms with E-state index < -0.39 is 0 Å². The summed E-state index contributed by atoms with van der Waals surface area (Å²) in [6, 6.07) is 7.42. The molecule has 2 heterocycles. The molecule has 1 aromatic carbocycles. The van der Waals surface area contributed by atoms with Gasteiger partial charge in [-0.1, -0.05) is 18.2 Å². The number of fused-ring (bicyclic) bond motifs is 1. The molecule has 1 aliphatic heterocycles. The van der Waals surface area contributed by atoms with E-state index in [4.69, 9.17) is 5.11 Å². The molecular formula is C17H21N3O3. The number of aliphatic hydroxyl groups is 1. The third-order valence-electron chi connectivity index (χ3n) is 4.44. The molecule has 0 aliphatic carbocycles. The van der Waals surface area contributed by atoms with E-state index in [1.807, 2.05) is 17.0 Å².